The molecule has 0 bridgehead atoms. The minimum Gasteiger partial charge on any atom is -0.354 e. The van der Waals surface area contributed by atoms with Gasteiger partial charge in [0.15, 0.2) is 11.4 Å². The van der Waals surface area contributed by atoms with Gasteiger partial charge >= 0.3 is 0 Å². The van der Waals surface area contributed by atoms with E-state index in [0.717, 1.165) is 11.7 Å². The van der Waals surface area contributed by atoms with Crippen LogP contribution in [0.4, 0.5) is 0 Å². The van der Waals surface area contributed by atoms with Crippen LogP contribution in [-0.4, -0.2) is 34.7 Å². The number of nitrogens with zero attached hydrogens (tertiary/aromatic N) is 2. The maximum atomic E-state index is 11.1. The summed E-state index contributed by atoms with van der Waals surface area (Å²) < 4.78 is 7.43. The number of carbonyl (C=O) groups is 2. The number of rotatable bonds is 2. The second-order valence-corrected chi connectivity index (χ2v) is 2.65. The molecule has 0 radical (unpaired) electrons. The highest BCUT2D eigenvalue weighted by Crippen LogP contribution is 2.04. The van der Waals surface area contributed by atoms with E-state index in [4.69, 9.17) is 0 Å². The van der Waals surface area contributed by atoms with Gasteiger partial charge < -0.3 is 10.6 Å². The molecule has 0 atom stereocenters. The summed E-state index contributed by atoms with van der Waals surface area (Å²) in [7, 11) is 2.94. The quantitative estimate of drug-likeness (QED) is 0.658. The van der Waals surface area contributed by atoms with Crippen molar-refractivity contribution in [3.8, 4) is 0 Å². The summed E-state index contributed by atoms with van der Waals surface area (Å²) >= 11 is 0.832. The zero-order valence-electron chi connectivity index (χ0n) is 7.12. The minimum absolute atomic E-state index is 0.0619. The molecular formula is C6H8N4O2S. The lowest BCUT2D eigenvalue weighted by Gasteiger charge is -1.97. The van der Waals surface area contributed by atoms with Gasteiger partial charge in [-0.25, -0.2) is 0 Å². The molecule has 2 N–H and O–H groups in total. The van der Waals surface area contributed by atoms with Crippen LogP contribution in [0.5, 0.6) is 0 Å². The summed E-state index contributed by atoms with van der Waals surface area (Å²) in [6.45, 7) is 0. The predicted molar refractivity (Wildman–Crippen MR) is 46.7 cm³/mol. The third kappa shape index (κ3) is 1.81. The highest BCUT2D eigenvalue weighted by Gasteiger charge is 2.20. The summed E-state index contributed by atoms with van der Waals surface area (Å²) in [6, 6.07) is 0. The maximum Gasteiger partial charge on any atom is 0.273 e. The first kappa shape index (κ1) is 9.59. The summed E-state index contributed by atoms with van der Waals surface area (Å²) in [4.78, 5) is 22.3. The molecule has 1 aromatic heterocycles. The Bertz CT molecular complexity index is 305. The molecule has 0 spiro atoms. The van der Waals surface area contributed by atoms with Crippen molar-refractivity contribution in [1.29, 1.82) is 0 Å². The molecule has 1 heterocycles. The number of amides is 2. The van der Waals surface area contributed by atoms with Crippen LogP contribution >= 0.6 is 11.7 Å². The van der Waals surface area contributed by atoms with Gasteiger partial charge in [0.25, 0.3) is 11.8 Å². The molecule has 0 fully saturated rings. The number of aromatic nitrogens is 2. The Morgan fingerprint density at radius 3 is 1.77 bits per heavy atom. The van der Waals surface area contributed by atoms with Crippen LogP contribution in [0.25, 0.3) is 0 Å². The van der Waals surface area contributed by atoms with E-state index < -0.39 is 11.8 Å². The first-order valence-corrected chi connectivity index (χ1v) is 4.20. The molecule has 0 unspecified atom stereocenters. The molecule has 1 aromatic rings. The van der Waals surface area contributed by atoms with Gasteiger partial charge in [0, 0.05) is 14.1 Å². The molecule has 0 aromatic carbocycles. The fourth-order valence-electron chi connectivity index (χ4n) is 0.723. The van der Waals surface area contributed by atoms with Gasteiger partial charge in [0.05, 0.1) is 11.7 Å². The lowest BCUT2D eigenvalue weighted by molar-refractivity contribution is 0.0924. The zero-order valence-corrected chi connectivity index (χ0v) is 7.94. The van der Waals surface area contributed by atoms with Gasteiger partial charge in [-0.1, -0.05) is 0 Å². The molecule has 70 valence electrons. The van der Waals surface area contributed by atoms with Gasteiger partial charge in [-0.15, -0.1) is 0 Å². The van der Waals surface area contributed by atoms with Crippen molar-refractivity contribution in [2.45, 2.75) is 0 Å². The van der Waals surface area contributed by atoms with E-state index in [-0.39, 0.29) is 11.4 Å². The second kappa shape index (κ2) is 3.94. The Labute approximate surface area is 78.7 Å². The number of hydrogen-bond acceptors (Lipinski definition) is 5. The van der Waals surface area contributed by atoms with Crippen LogP contribution in [0.2, 0.25) is 0 Å². The highest BCUT2D eigenvalue weighted by atomic mass is 32.1. The smallest absolute Gasteiger partial charge is 0.273 e. The second-order valence-electron chi connectivity index (χ2n) is 2.12. The first-order chi connectivity index (χ1) is 6.20. The van der Waals surface area contributed by atoms with E-state index in [1.807, 2.05) is 0 Å². The monoisotopic (exact) mass is 200 g/mol. The maximum absolute atomic E-state index is 11.1. The Morgan fingerprint density at radius 2 is 1.46 bits per heavy atom. The van der Waals surface area contributed by atoms with Gasteiger partial charge in [-0.3, -0.25) is 9.59 Å². The molecule has 0 saturated heterocycles. The molecular weight excluding hydrogens is 192 g/mol. The molecule has 13 heavy (non-hydrogen) atoms. The SMILES string of the molecule is CNC(=O)c1nsnc1C(=O)NC. The third-order valence-electron chi connectivity index (χ3n) is 1.37. The van der Waals surface area contributed by atoms with Crippen molar-refractivity contribution in [3.05, 3.63) is 11.4 Å². The minimum atomic E-state index is -0.410. The van der Waals surface area contributed by atoms with Crippen molar-refractivity contribution in [1.82, 2.24) is 19.4 Å². The van der Waals surface area contributed by atoms with Crippen molar-refractivity contribution >= 4 is 23.5 Å². The summed E-state index contributed by atoms with van der Waals surface area (Å²) in [6.07, 6.45) is 0. The molecule has 7 heteroatoms. The van der Waals surface area contributed by atoms with Crippen LogP contribution in [0, 0.1) is 0 Å². The lowest BCUT2D eigenvalue weighted by Crippen LogP contribution is -2.25. The van der Waals surface area contributed by atoms with E-state index in [1.54, 1.807) is 0 Å². The van der Waals surface area contributed by atoms with E-state index in [2.05, 4.69) is 19.4 Å². The molecule has 6 nitrogen and oxygen atoms in total. The zero-order chi connectivity index (χ0) is 9.84. The standard InChI is InChI=1S/C6H8N4O2S/c1-7-5(11)3-4(6(12)8-2)10-13-9-3/h1-2H3,(H,7,11)(H,8,12). The average Bonchev–Trinajstić information content (AvgIpc) is 2.63. The Kier molecular flexibility index (Phi) is 2.91. The average molecular weight is 200 g/mol. The normalized spacial score (nSPS) is 9.38. The van der Waals surface area contributed by atoms with Crippen molar-refractivity contribution in [3.63, 3.8) is 0 Å². The third-order valence-corrected chi connectivity index (χ3v) is 1.90. The number of nitrogens with one attached hydrogen (secondary N) is 2. The Balaban J connectivity index is 3.02. The lowest BCUT2D eigenvalue weighted by atomic mass is 10.3. The largest absolute Gasteiger partial charge is 0.354 e. The van der Waals surface area contributed by atoms with Gasteiger partial charge in [0.2, 0.25) is 0 Å². The Hall–Kier alpha value is -1.50. The molecule has 1 rings (SSSR count). The predicted octanol–water partition coefficient (Wildman–Crippen LogP) is -0.743. The van der Waals surface area contributed by atoms with Crippen molar-refractivity contribution < 1.29 is 9.59 Å². The first-order valence-electron chi connectivity index (χ1n) is 3.47. The summed E-state index contributed by atoms with van der Waals surface area (Å²) in [5.74, 6) is -0.820. The molecule has 0 aliphatic carbocycles. The highest BCUT2D eigenvalue weighted by molar-refractivity contribution is 6.99. The summed E-state index contributed by atoms with van der Waals surface area (Å²) in [5, 5.41) is 4.74. The molecule has 0 aliphatic rings. The topological polar surface area (TPSA) is 84.0 Å². The van der Waals surface area contributed by atoms with Crippen LogP contribution in [0.1, 0.15) is 21.0 Å². The van der Waals surface area contributed by atoms with E-state index in [0.29, 0.717) is 0 Å². The fourth-order valence-corrected chi connectivity index (χ4v) is 1.27. The van der Waals surface area contributed by atoms with E-state index in [1.165, 1.54) is 14.1 Å². The molecule has 2 amide bonds. The summed E-state index contributed by atoms with van der Waals surface area (Å²) in [5.41, 5.74) is 0.124. The molecule has 0 saturated carbocycles. The molecule has 0 aliphatic heterocycles. The van der Waals surface area contributed by atoms with Crippen LogP contribution < -0.4 is 10.6 Å². The van der Waals surface area contributed by atoms with Gasteiger partial charge in [-0.2, -0.15) is 8.75 Å². The van der Waals surface area contributed by atoms with Crippen LogP contribution in [0.3, 0.4) is 0 Å². The van der Waals surface area contributed by atoms with Crippen LogP contribution in [0.15, 0.2) is 0 Å². The van der Waals surface area contributed by atoms with E-state index >= 15 is 0 Å². The fraction of sp³-hybridized carbons (Fsp3) is 0.333. The van der Waals surface area contributed by atoms with Gasteiger partial charge in [0.1, 0.15) is 0 Å². The Morgan fingerprint density at radius 1 is 1.08 bits per heavy atom. The van der Waals surface area contributed by atoms with E-state index in [9.17, 15) is 9.59 Å². The number of carbonyl (C=O) groups excluding carboxylic acids is 2. The van der Waals surface area contributed by atoms with Gasteiger partial charge in [-0.05, 0) is 0 Å². The van der Waals surface area contributed by atoms with Crippen LogP contribution in [-0.2, 0) is 0 Å². The van der Waals surface area contributed by atoms with Crippen molar-refractivity contribution in [2.24, 2.45) is 0 Å². The number of hydrogen-bond donors (Lipinski definition) is 2. The van der Waals surface area contributed by atoms with Crippen molar-refractivity contribution in [2.75, 3.05) is 14.1 Å².